The lowest BCUT2D eigenvalue weighted by Crippen LogP contribution is -2.20. The SMILES string of the molecule is C=C/C(F)=C(\C=C/C)OC/C(C)=C\C(=C/C)NN. The maximum atomic E-state index is 13.4. The molecule has 3 nitrogen and oxygen atoms in total. The molecule has 0 spiro atoms. The molecular weight excluding hydrogens is 231 g/mol. The molecular formula is C14H21FN2O. The number of ether oxygens (including phenoxy) is 1. The minimum Gasteiger partial charge on any atom is -0.486 e. The van der Waals surface area contributed by atoms with E-state index in [1.807, 2.05) is 26.0 Å². The first-order valence-electron chi connectivity index (χ1n) is 5.66. The van der Waals surface area contributed by atoms with Gasteiger partial charge in [-0.25, -0.2) is 4.39 Å². The second kappa shape index (κ2) is 9.24. The van der Waals surface area contributed by atoms with Gasteiger partial charge in [0.2, 0.25) is 0 Å². The van der Waals surface area contributed by atoms with Crippen LogP contribution in [0.4, 0.5) is 4.39 Å². The lowest BCUT2D eigenvalue weighted by molar-refractivity contribution is 0.242. The molecule has 0 aromatic carbocycles. The molecule has 0 fully saturated rings. The fourth-order valence-electron chi connectivity index (χ4n) is 1.16. The quantitative estimate of drug-likeness (QED) is 0.316. The summed E-state index contributed by atoms with van der Waals surface area (Å²) in [7, 11) is 0. The molecule has 0 rings (SSSR count). The zero-order chi connectivity index (χ0) is 14.0. The first-order valence-corrected chi connectivity index (χ1v) is 5.66. The van der Waals surface area contributed by atoms with Gasteiger partial charge in [-0.15, -0.1) is 0 Å². The summed E-state index contributed by atoms with van der Waals surface area (Å²) >= 11 is 0. The summed E-state index contributed by atoms with van der Waals surface area (Å²) in [6, 6.07) is 0. The Hall–Kier alpha value is -1.81. The summed E-state index contributed by atoms with van der Waals surface area (Å²) in [5, 5.41) is 0. The third kappa shape index (κ3) is 6.06. The second-order valence-electron chi connectivity index (χ2n) is 3.58. The summed E-state index contributed by atoms with van der Waals surface area (Å²) in [6.45, 7) is 9.18. The summed E-state index contributed by atoms with van der Waals surface area (Å²) in [6.07, 6.45) is 8.04. The van der Waals surface area contributed by atoms with Crippen LogP contribution in [0, 0.1) is 0 Å². The van der Waals surface area contributed by atoms with Crippen LogP contribution in [0.2, 0.25) is 0 Å². The molecule has 0 heterocycles. The molecule has 0 radical (unpaired) electrons. The summed E-state index contributed by atoms with van der Waals surface area (Å²) < 4.78 is 18.7. The van der Waals surface area contributed by atoms with Crippen LogP contribution in [-0.2, 0) is 4.74 Å². The Labute approximate surface area is 108 Å². The fourth-order valence-corrected chi connectivity index (χ4v) is 1.16. The monoisotopic (exact) mass is 252 g/mol. The molecule has 0 aromatic heterocycles. The summed E-state index contributed by atoms with van der Waals surface area (Å²) in [4.78, 5) is 0. The van der Waals surface area contributed by atoms with E-state index in [9.17, 15) is 4.39 Å². The number of hydrogen-bond donors (Lipinski definition) is 2. The van der Waals surface area contributed by atoms with Crippen molar-refractivity contribution in [2.45, 2.75) is 20.8 Å². The van der Waals surface area contributed by atoms with E-state index >= 15 is 0 Å². The van der Waals surface area contributed by atoms with Gasteiger partial charge in [-0.05, 0) is 44.6 Å². The Morgan fingerprint density at radius 2 is 2.11 bits per heavy atom. The van der Waals surface area contributed by atoms with Gasteiger partial charge in [0.05, 0.1) is 0 Å². The van der Waals surface area contributed by atoms with E-state index in [1.165, 1.54) is 0 Å². The minimum atomic E-state index is -0.482. The van der Waals surface area contributed by atoms with Crippen LogP contribution in [-0.4, -0.2) is 6.61 Å². The van der Waals surface area contributed by atoms with E-state index in [4.69, 9.17) is 10.6 Å². The lowest BCUT2D eigenvalue weighted by atomic mass is 10.2. The van der Waals surface area contributed by atoms with Gasteiger partial charge in [0, 0.05) is 5.70 Å². The number of hydrogen-bond acceptors (Lipinski definition) is 3. The van der Waals surface area contributed by atoms with Crippen molar-refractivity contribution in [2.24, 2.45) is 5.84 Å². The third-order valence-corrected chi connectivity index (χ3v) is 2.07. The molecule has 18 heavy (non-hydrogen) atoms. The molecule has 0 amide bonds. The topological polar surface area (TPSA) is 47.3 Å². The highest BCUT2D eigenvalue weighted by molar-refractivity contribution is 5.24. The van der Waals surface area contributed by atoms with Crippen LogP contribution in [0.25, 0.3) is 0 Å². The van der Waals surface area contributed by atoms with Crippen LogP contribution >= 0.6 is 0 Å². The van der Waals surface area contributed by atoms with Crippen molar-refractivity contribution in [1.29, 1.82) is 0 Å². The van der Waals surface area contributed by atoms with E-state index in [0.717, 1.165) is 17.3 Å². The molecule has 0 bridgehead atoms. The average molecular weight is 252 g/mol. The van der Waals surface area contributed by atoms with Gasteiger partial charge in [-0.1, -0.05) is 18.7 Å². The van der Waals surface area contributed by atoms with Crippen molar-refractivity contribution in [1.82, 2.24) is 5.43 Å². The van der Waals surface area contributed by atoms with Crippen molar-refractivity contribution in [3.8, 4) is 0 Å². The van der Waals surface area contributed by atoms with Gasteiger partial charge >= 0.3 is 0 Å². The molecule has 0 unspecified atom stereocenters. The number of halogens is 1. The van der Waals surface area contributed by atoms with Crippen molar-refractivity contribution < 1.29 is 9.13 Å². The molecule has 0 saturated heterocycles. The lowest BCUT2D eigenvalue weighted by Gasteiger charge is -2.08. The van der Waals surface area contributed by atoms with Gasteiger partial charge in [0.15, 0.2) is 11.6 Å². The van der Waals surface area contributed by atoms with Gasteiger partial charge < -0.3 is 10.2 Å². The Kier molecular flexibility index (Phi) is 8.31. The van der Waals surface area contributed by atoms with Crippen molar-refractivity contribution in [3.63, 3.8) is 0 Å². The molecule has 0 aromatic rings. The molecule has 0 aliphatic rings. The molecule has 0 aliphatic carbocycles. The predicted octanol–water partition coefficient (Wildman–Crippen LogP) is 3.26. The van der Waals surface area contributed by atoms with E-state index in [1.54, 1.807) is 19.1 Å². The maximum Gasteiger partial charge on any atom is 0.164 e. The highest BCUT2D eigenvalue weighted by Gasteiger charge is 2.02. The molecule has 3 N–H and O–H groups in total. The van der Waals surface area contributed by atoms with Crippen molar-refractivity contribution in [2.75, 3.05) is 6.61 Å². The van der Waals surface area contributed by atoms with Crippen LogP contribution in [0.5, 0.6) is 0 Å². The van der Waals surface area contributed by atoms with E-state index in [0.29, 0.717) is 0 Å². The first kappa shape index (κ1) is 16.2. The van der Waals surface area contributed by atoms with E-state index in [-0.39, 0.29) is 12.4 Å². The zero-order valence-corrected chi connectivity index (χ0v) is 11.2. The molecule has 100 valence electrons. The highest BCUT2D eigenvalue weighted by Crippen LogP contribution is 2.12. The van der Waals surface area contributed by atoms with Crippen LogP contribution in [0.15, 0.2) is 59.8 Å². The standard InChI is InChI=1S/C14H21FN2O/c1-5-8-14(13(15)7-3)18-10-11(4)9-12(6-2)17-16/h5-9,17H,3,10,16H2,1-2,4H3/b8-5-,11-9-,12-6+,14-13-. The summed E-state index contributed by atoms with van der Waals surface area (Å²) in [5.41, 5.74) is 4.23. The zero-order valence-electron chi connectivity index (χ0n) is 11.2. The smallest absolute Gasteiger partial charge is 0.164 e. The Bertz CT molecular complexity index is 393. The number of hydrazine groups is 1. The van der Waals surface area contributed by atoms with Gasteiger partial charge in [-0.3, -0.25) is 5.84 Å². The van der Waals surface area contributed by atoms with Gasteiger partial charge in [0.1, 0.15) is 6.61 Å². The largest absolute Gasteiger partial charge is 0.486 e. The fraction of sp³-hybridized carbons (Fsp3) is 0.286. The number of nitrogens with one attached hydrogen (secondary N) is 1. The molecule has 0 atom stereocenters. The molecule has 4 heteroatoms. The summed E-state index contributed by atoms with van der Waals surface area (Å²) in [5.74, 6) is 4.99. The molecule has 0 saturated carbocycles. The van der Waals surface area contributed by atoms with Crippen LogP contribution in [0.1, 0.15) is 20.8 Å². The predicted molar refractivity (Wildman–Crippen MR) is 73.9 cm³/mol. The number of nitrogens with two attached hydrogens (primary N) is 1. The van der Waals surface area contributed by atoms with Gasteiger partial charge in [0.25, 0.3) is 0 Å². The number of allylic oxidation sites excluding steroid dienone is 6. The number of rotatable bonds is 7. The van der Waals surface area contributed by atoms with E-state index < -0.39 is 5.83 Å². The Morgan fingerprint density at radius 1 is 1.44 bits per heavy atom. The van der Waals surface area contributed by atoms with Crippen molar-refractivity contribution >= 4 is 0 Å². The normalized spacial score (nSPS) is 14.5. The van der Waals surface area contributed by atoms with Crippen LogP contribution in [0.3, 0.4) is 0 Å². The Morgan fingerprint density at radius 3 is 2.56 bits per heavy atom. The average Bonchev–Trinajstić information content (AvgIpc) is 2.39. The minimum absolute atomic E-state index is 0.169. The van der Waals surface area contributed by atoms with E-state index in [2.05, 4.69) is 12.0 Å². The highest BCUT2D eigenvalue weighted by atomic mass is 19.1. The Balaban J connectivity index is 4.69. The van der Waals surface area contributed by atoms with Crippen LogP contribution < -0.4 is 11.3 Å². The first-order chi connectivity index (χ1) is 8.58. The maximum absolute atomic E-state index is 13.4. The van der Waals surface area contributed by atoms with Crippen molar-refractivity contribution in [3.05, 3.63) is 59.8 Å². The van der Waals surface area contributed by atoms with Gasteiger partial charge in [-0.2, -0.15) is 0 Å². The second-order valence-corrected chi connectivity index (χ2v) is 3.58. The molecule has 0 aliphatic heterocycles. The third-order valence-electron chi connectivity index (χ3n) is 2.07.